The number of rotatable bonds is 3. The number of aromatic nitrogens is 1. The number of alkyl halides is 3. The van der Waals surface area contributed by atoms with Gasteiger partial charge in [-0.3, -0.25) is 4.98 Å². The largest absolute Gasteiger partial charge is 0.482 e. The third kappa shape index (κ3) is 3.75. The number of nitrogens with zero attached hydrogens (tertiary/aromatic N) is 1. The second-order valence-corrected chi connectivity index (χ2v) is 3.01. The topological polar surface area (TPSA) is 48.1 Å². The fourth-order valence-electron chi connectivity index (χ4n) is 1.03. The molecule has 0 saturated carbocycles. The van der Waals surface area contributed by atoms with Gasteiger partial charge in [-0.15, -0.1) is 0 Å². The summed E-state index contributed by atoms with van der Waals surface area (Å²) in [5, 5.41) is 0. The molecule has 6 heteroatoms. The van der Waals surface area contributed by atoms with Crippen LogP contribution < -0.4 is 10.5 Å². The Balaban J connectivity index is 2.76. The zero-order chi connectivity index (χ0) is 11.5. The molecule has 0 spiro atoms. The van der Waals surface area contributed by atoms with Crippen molar-refractivity contribution in [3.05, 3.63) is 23.5 Å². The van der Waals surface area contributed by atoms with Crippen LogP contribution in [-0.4, -0.2) is 17.8 Å². The highest BCUT2D eigenvalue weighted by molar-refractivity contribution is 5.29. The Kier molecular flexibility index (Phi) is 3.52. The lowest BCUT2D eigenvalue weighted by Gasteiger charge is -2.11. The predicted molar refractivity (Wildman–Crippen MR) is 48.4 cm³/mol. The van der Waals surface area contributed by atoms with E-state index in [4.69, 9.17) is 5.73 Å². The summed E-state index contributed by atoms with van der Waals surface area (Å²) in [5.74, 6) is 0.0837. The van der Waals surface area contributed by atoms with Gasteiger partial charge in [-0.05, 0) is 19.1 Å². The fraction of sp³-hybridized carbons (Fsp3) is 0.444. The third-order valence-corrected chi connectivity index (χ3v) is 1.66. The van der Waals surface area contributed by atoms with Crippen LogP contribution in [0.25, 0.3) is 0 Å². The van der Waals surface area contributed by atoms with Gasteiger partial charge in [-0.2, -0.15) is 13.2 Å². The predicted octanol–water partition coefficient (Wildman–Crippen LogP) is 1.79. The van der Waals surface area contributed by atoms with E-state index < -0.39 is 12.8 Å². The first-order chi connectivity index (χ1) is 6.92. The maximum Gasteiger partial charge on any atom is 0.422 e. The molecule has 0 aliphatic carbocycles. The van der Waals surface area contributed by atoms with Gasteiger partial charge in [-0.1, -0.05) is 0 Å². The highest BCUT2D eigenvalue weighted by Gasteiger charge is 2.28. The summed E-state index contributed by atoms with van der Waals surface area (Å²) < 4.78 is 40.2. The lowest BCUT2D eigenvalue weighted by Crippen LogP contribution is -2.20. The maximum atomic E-state index is 11.9. The molecule has 84 valence electrons. The third-order valence-electron chi connectivity index (χ3n) is 1.66. The summed E-state index contributed by atoms with van der Waals surface area (Å²) in [6.07, 6.45) is -4.35. The number of nitrogens with two attached hydrogens (primary N) is 1. The lowest BCUT2D eigenvalue weighted by molar-refractivity contribution is -0.153. The first kappa shape index (κ1) is 11.8. The molecule has 0 fully saturated rings. The Hall–Kier alpha value is -1.30. The highest BCUT2D eigenvalue weighted by Crippen LogP contribution is 2.21. The van der Waals surface area contributed by atoms with E-state index in [9.17, 15) is 13.2 Å². The second kappa shape index (κ2) is 4.48. The van der Waals surface area contributed by atoms with Crippen LogP contribution in [0.15, 0.2) is 12.1 Å². The summed E-state index contributed by atoms with van der Waals surface area (Å²) in [5.41, 5.74) is 6.36. The molecule has 0 bridgehead atoms. The van der Waals surface area contributed by atoms with Crippen molar-refractivity contribution in [2.75, 3.05) is 6.61 Å². The van der Waals surface area contributed by atoms with Crippen molar-refractivity contribution in [3.63, 3.8) is 0 Å². The molecule has 0 radical (unpaired) electrons. The first-order valence-electron chi connectivity index (χ1n) is 4.28. The Labute approximate surface area is 85.1 Å². The summed E-state index contributed by atoms with van der Waals surface area (Å²) in [7, 11) is 0. The minimum absolute atomic E-state index is 0.0505. The van der Waals surface area contributed by atoms with Gasteiger partial charge in [0.2, 0.25) is 0 Å². The van der Waals surface area contributed by atoms with Crippen molar-refractivity contribution >= 4 is 0 Å². The van der Waals surface area contributed by atoms with E-state index in [1.807, 2.05) is 0 Å². The van der Waals surface area contributed by atoms with E-state index in [0.29, 0.717) is 11.4 Å². The van der Waals surface area contributed by atoms with Gasteiger partial charge in [0.05, 0.1) is 5.69 Å². The normalized spacial score (nSPS) is 11.5. The maximum absolute atomic E-state index is 11.9. The molecule has 0 aromatic carbocycles. The van der Waals surface area contributed by atoms with Gasteiger partial charge in [0.25, 0.3) is 0 Å². The Morgan fingerprint density at radius 1 is 1.40 bits per heavy atom. The van der Waals surface area contributed by atoms with Crippen molar-refractivity contribution in [2.24, 2.45) is 5.73 Å². The van der Waals surface area contributed by atoms with Crippen LogP contribution in [0.5, 0.6) is 5.75 Å². The van der Waals surface area contributed by atoms with Crippen molar-refractivity contribution in [2.45, 2.75) is 19.6 Å². The van der Waals surface area contributed by atoms with Crippen LogP contribution in [0.3, 0.4) is 0 Å². The van der Waals surface area contributed by atoms with Crippen molar-refractivity contribution in [3.8, 4) is 5.75 Å². The molecular formula is C9H11F3N2O. The molecule has 0 aliphatic rings. The summed E-state index contributed by atoms with van der Waals surface area (Å²) in [4.78, 5) is 3.97. The lowest BCUT2D eigenvalue weighted by atomic mass is 10.3. The molecule has 1 heterocycles. The summed E-state index contributed by atoms with van der Waals surface area (Å²) in [6, 6.07) is 3.02. The van der Waals surface area contributed by atoms with Gasteiger partial charge >= 0.3 is 6.18 Å². The van der Waals surface area contributed by atoms with Crippen LogP contribution >= 0.6 is 0 Å². The molecule has 2 N–H and O–H groups in total. The van der Waals surface area contributed by atoms with E-state index in [2.05, 4.69) is 9.72 Å². The van der Waals surface area contributed by atoms with E-state index in [1.165, 1.54) is 6.07 Å². The van der Waals surface area contributed by atoms with E-state index in [0.717, 1.165) is 0 Å². The number of hydrogen-bond acceptors (Lipinski definition) is 3. The van der Waals surface area contributed by atoms with Gasteiger partial charge in [0.1, 0.15) is 5.75 Å². The zero-order valence-corrected chi connectivity index (χ0v) is 8.14. The van der Waals surface area contributed by atoms with Crippen LogP contribution in [0, 0.1) is 6.92 Å². The molecular weight excluding hydrogens is 209 g/mol. The zero-order valence-electron chi connectivity index (χ0n) is 8.14. The van der Waals surface area contributed by atoms with Crippen molar-refractivity contribution in [1.29, 1.82) is 0 Å². The van der Waals surface area contributed by atoms with Crippen LogP contribution in [0.4, 0.5) is 13.2 Å². The number of ether oxygens (including phenoxy) is 1. The molecule has 0 atom stereocenters. The Morgan fingerprint density at radius 2 is 2.07 bits per heavy atom. The average molecular weight is 220 g/mol. The Bertz CT molecular complexity index is 339. The van der Waals surface area contributed by atoms with Gasteiger partial charge < -0.3 is 10.5 Å². The van der Waals surface area contributed by atoms with Crippen molar-refractivity contribution in [1.82, 2.24) is 4.98 Å². The first-order valence-corrected chi connectivity index (χ1v) is 4.28. The molecule has 0 amide bonds. The van der Waals surface area contributed by atoms with Crippen molar-refractivity contribution < 1.29 is 17.9 Å². The van der Waals surface area contributed by atoms with E-state index >= 15 is 0 Å². The summed E-state index contributed by atoms with van der Waals surface area (Å²) >= 11 is 0. The van der Waals surface area contributed by atoms with E-state index in [1.54, 1.807) is 13.0 Å². The molecule has 1 aromatic rings. The number of halogens is 3. The molecule has 15 heavy (non-hydrogen) atoms. The van der Waals surface area contributed by atoms with Gasteiger partial charge in [0.15, 0.2) is 6.61 Å². The van der Waals surface area contributed by atoms with E-state index in [-0.39, 0.29) is 12.3 Å². The number of pyridine rings is 1. The molecule has 0 unspecified atom stereocenters. The smallest absolute Gasteiger partial charge is 0.422 e. The fourth-order valence-corrected chi connectivity index (χ4v) is 1.03. The molecule has 3 nitrogen and oxygen atoms in total. The molecule has 0 aliphatic heterocycles. The minimum Gasteiger partial charge on any atom is -0.482 e. The number of aryl methyl sites for hydroxylation is 1. The molecule has 1 aromatic heterocycles. The minimum atomic E-state index is -4.35. The monoisotopic (exact) mass is 220 g/mol. The van der Waals surface area contributed by atoms with Crippen LogP contribution in [0.2, 0.25) is 0 Å². The molecule has 1 rings (SSSR count). The molecule has 0 saturated heterocycles. The quantitative estimate of drug-likeness (QED) is 0.844. The standard InChI is InChI=1S/C9H11F3N2O/c1-6-2-3-8(7(4-13)14-6)15-5-9(10,11)12/h2-3H,4-5,13H2,1H3. The highest BCUT2D eigenvalue weighted by atomic mass is 19.4. The van der Waals surface area contributed by atoms with Crippen LogP contribution in [0.1, 0.15) is 11.4 Å². The SMILES string of the molecule is Cc1ccc(OCC(F)(F)F)c(CN)n1. The Morgan fingerprint density at radius 3 is 2.60 bits per heavy atom. The second-order valence-electron chi connectivity index (χ2n) is 3.01. The summed E-state index contributed by atoms with van der Waals surface area (Å²) in [6.45, 7) is 0.451. The van der Waals surface area contributed by atoms with Crippen LogP contribution in [-0.2, 0) is 6.54 Å². The number of hydrogen-bond donors (Lipinski definition) is 1. The van der Waals surface area contributed by atoms with Gasteiger partial charge in [0, 0.05) is 12.2 Å². The average Bonchev–Trinajstić information content (AvgIpc) is 2.14. The van der Waals surface area contributed by atoms with Gasteiger partial charge in [-0.25, -0.2) is 0 Å².